The van der Waals surface area contributed by atoms with E-state index >= 15 is 0 Å². The van der Waals surface area contributed by atoms with Gasteiger partial charge in [-0.1, -0.05) is 22.4 Å². The molecule has 2 atom stereocenters. The molecular formula is C38H45F2KN9O11S2+. The number of fused-ring (bicyclic) bond motifs is 2. The average Bonchev–Trinajstić information content (AvgIpc) is 4.03. The van der Waals surface area contributed by atoms with Crippen molar-refractivity contribution in [1.29, 1.82) is 0 Å². The molecule has 0 saturated heterocycles. The minimum Gasteiger partial charge on any atom is -0.474 e. The van der Waals surface area contributed by atoms with Crippen molar-refractivity contribution in [2.75, 3.05) is 37.2 Å². The number of rotatable bonds is 15. The molecule has 0 saturated carbocycles. The van der Waals surface area contributed by atoms with Crippen LogP contribution in [0.15, 0.2) is 64.3 Å². The van der Waals surface area contributed by atoms with Crippen molar-refractivity contribution >= 4 is 29.3 Å². The van der Waals surface area contributed by atoms with Crippen molar-refractivity contribution in [3.63, 3.8) is 0 Å². The number of halogens is 2. The molecule has 6 aromatic rings. The molecule has 2 N–H and O–H groups in total. The molecule has 0 spiro atoms. The molecule has 4 heterocycles. The van der Waals surface area contributed by atoms with Gasteiger partial charge >= 0.3 is 68.7 Å². The minimum atomic E-state index is -0.836. The van der Waals surface area contributed by atoms with Crippen LogP contribution in [0.2, 0.25) is 0 Å². The van der Waals surface area contributed by atoms with Gasteiger partial charge in [0.25, 0.3) is 11.6 Å². The van der Waals surface area contributed by atoms with Gasteiger partial charge in [-0.3, -0.25) is 9.05 Å². The first-order valence-corrected chi connectivity index (χ1v) is 21.9. The molecule has 0 aliphatic heterocycles. The van der Waals surface area contributed by atoms with Crippen LogP contribution in [0.4, 0.5) is 14.6 Å². The molecule has 0 fully saturated rings. The first-order valence-electron chi connectivity index (χ1n) is 19.1. The quantitative estimate of drug-likeness (QED) is 0.0648. The van der Waals surface area contributed by atoms with Gasteiger partial charge in [-0.25, -0.2) is 32.1 Å². The maximum Gasteiger partial charge on any atom is 1.00 e. The zero-order valence-electron chi connectivity index (χ0n) is 35.4. The first-order chi connectivity index (χ1) is 29.7. The smallest absolute Gasteiger partial charge is 0.474 e. The molecule has 334 valence electrons. The van der Waals surface area contributed by atoms with Crippen LogP contribution in [0.25, 0.3) is 23.0 Å². The van der Waals surface area contributed by atoms with Crippen LogP contribution in [0.3, 0.4) is 0 Å². The predicted molar refractivity (Wildman–Crippen MR) is 221 cm³/mol. The summed E-state index contributed by atoms with van der Waals surface area (Å²) in [5, 5.41) is 49.2. The Bertz CT molecular complexity index is 2510. The second-order valence-corrected chi connectivity index (χ2v) is 16.6. The van der Waals surface area contributed by atoms with Crippen molar-refractivity contribution < 1.29 is 98.3 Å². The fraction of sp³-hybridized carbons (Fsp3) is 0.474. The number of hydrogen-bond donors (Lipinski definition) is 2. The van der Waals surface area contributed by atoms with Gasteiger partial charge in [-0.2, -0.15) is 23.5 Å². The predicted octanol–water partition coefficient (Wildman–Crippen LogP) is 2.68. The average molecular weight is 945 g/mol. The Labute approximate surface area is 409 Å². The molecule has 63 heavy (non-hydrogen) atoms. The van der Waals surface area contributed by atoms with E-state index in [0.717, 1.165) is 52.7 Å². The van der Waals surface area contributed by atoms with E-state index in [0.29, 0.717) is 31.6 Å². The van der Waals surface area contributed by atoms with E-state index in [1.165, 1.54) is 34.6 Å². The minimum absolute atomic E-state index is 0. The number of nitrogens with zero attached hydrogens (tertiary/aromatic N) is 9. The van der Waals surface area contributed by atoms with Crippen LogP contribution in [0.5, 0.6) is 5.88 Å². The second-order valence-electron chi connectivity index (χ2n) is 14.7. The molecule has 0 radical (unpaired) electrons. The van der Waals surface area contributed by atoms with Gasteiger partial charge in [0.15, 0.2) is 5.16 Å². The maximum absolute atomic E-state index is 13.6. The number of nitro groups is 1. The molecule has 4 aromatic heterocycles. The first kappa shape index (κ1) is 51.5. The van der Waals surface area contributed by atoms with Crippen molar-refractivity contribution in [3.05, 3.63) is 102 Å². The number of thioether (sulfide) groups is 2. The molecule has 0 bridgehead atoms. The summed E-state index contributed by atoms with van der Waals surface area (Å²) in [6, 6.07) is 7.82. The normalized spacial score (nSPS) is 14.4. The summed E-state index contributed by atoms with van der Waals surface area (Å²) in [5.74, 6) is -0.644. The third-order valence-corrected chi connectivity index (χ3v) is 10.3. The molecule has 0 unspecified atom stereocenters. The summed E-state index contributed by atoms with van der Waals surface area (Å²) in [5.41, 5.74) is 2.50. The second kappa shape index (κ2) is 24.3. The van der Waals surface area contributed by atoms with Crippen LogP contribution >= 0.6 is 23.5 Å². The summed E-state index contributed by atoms with van der Waals surface area (Å²) in [7, 11) is 0. The Balaban J connectivity index is 0.000000219. The molecule has 0 amide bonds. The molecule has 20 nitrogen and oxygen atoms in total. The van der Waals surface area contributed by atoms with E-state index in [4.69, 9.17) is 24.1 Å². The zero-order chi connectivity index (χ0) is 45.0. The van der Waals surface area contributed by atoms with E-state index < -0.39 is 39.7 Å². The van der Waals surface area contributed by atoms with Crippen LogP contribution in [0, 0.1) is 21.7 Å². The van der Waals surface area contributed by atoms with E-state index in [-0.39, 0.29) is 92.2 Å². The summed E-state index contributed by atoms with van der Waals surface area (Å²) < 4.78 is 53.5. The van der Waals surface area contributed by atoms with Crippen molar-refractivity contribution in [3.8, 4) is 28.9 Å². The molecule has 2 aliphatic carbocycles. The van der Waals surface area contributed by atoms with Gasteiger partial charge in [0.1, 0.15) is 11.6 Å². The Morgan fingerprint density at radius 3 is 1.76 bits per heavy atom. The fourth-order valence-corrected chi connectivity index (χ4v) is 7.05. The van der Waals surface area contributed by atoms with Crippen LogP contribution in [0.1, 0.15) is 80.8 Å². The Morgan fingerprint density at radius 1 is 0.794 bits per heavy atom. The van der Waals surface area contributed by atoms with Crippen molar-refractivity contribution in [2.24, 2.45) is 0 Å². The molecule has 2 aromatic carbocycles. The third kappa shape index (κ3) is 13.7. The number of aliphatic hydroxyl groups is 2. The Hall–Kier alpha value is -4.08. The SMILES string of the molecule is CC(C)(C)O.CSCCCCO.CSCCCCOc1nonc1-c1noc(=O)n1[C@H]1Cc2ccc(F)cc21.O=c1onc(-c2nonc2[N+](=O)[O-])n1[C@H]1Cc2ccc(F)cc21.[K+]. The monoisotopic (exact) mass is 944 g/mol. The summed E-state index contributed by atoms with van der Waals surface area (Å²) in [6.45, 7) is 6.02. The fourth-order valence-electron chi connectivity index (χ4n) is 6.07. The molecule has 8 rings (SSSR count). The van der Waals surface area contributed by atoms with E-state index in [9.17, 15) is 28.5 Å². The Kier molecular flexibility index (Phi) is 19.9. The van der Waals surface area contributed by atoms with Crippen LogP contribution in [-0.2, 0) is 12.8 Å². The number of benzene rings is 2. The third-order valence-electron chi connectivity index (χ3n) is 8.92. The molecule has 2 aliphatic rings. The van der Waals surface area contributed by atoms with Crippen molar-refractivity contribution in [2.45, 2.75) is 77.0 Å². The standard InChI is InChI=1S/C17H17FN4O4S.C12H6FN5O5.C5H12OS.C4H10O.K/c1-27-7-3-2-6-24-16-14(19-26-21-16)15-20-25-17(23)22(15)13-8-10-4-5-11(18)9-12(10)13;13-6-2-1-5-3-8(7(5)4-6)17-10(15-22-12(17)19)9-11(18(20)21)16-23-14-9;1-7-5-3-2-4-6;1-4(2,3)5;/h4-5,9,13H,2-3,6-8H2,1H3;1-2,4,8H,3H2;6H,2-5H2,1H3;5H,1-3H3;/q;;;;+1/t13-;8-;;;/m00.../s1. The molecule has 25 heteroatoms. The van der Waals surface area contributed by atoms with Crippen molar-refractivity contribution in [1.82, 2.24) is 40.1 Å². The van der Waals surface area contributed by atoms with Gasteiger partial charge in [-0.15, -0.1) is 4.63 Å². The number of unbranched alkanes of at least 4 members (excludes halogenated alkanes) is 2. The van der Waals surface area contributed by atoms with Gasteiger partial charge in [0, 0.05) is 6.61 Å². The summed E-state index contributed by atoms with van der Waals surface area (Å²) >= 11 is 3.60. The van der Waals surface area contributed by atoms with Gasteiger partial charge < -0.3 is 25.1 Å². The summed E-state index contributed by atoms with van der Waals surface area (Å²) in [4.78, 5) is 34.3. The van der Waals surface area contributed by atoms with E-state index in [1.54, 1.807) is 44.7 Å². The largest absolute Gasteiger partial charge is 1.00 e. The Morgan fingerprint density at radius 2 is 1.27 bits per heavy atom. The van der Waals surface area contributed by atoms with Gasteiger partial charge in [0.2, 0.25) is 17.3 Å². The van der Waals surface area contributed by atoms with Gasteiger partial charge in [-0.05, 0) is 150 Å². The van der Waals surface area contributed by atoms with Crippen LogP contribution in [-0.4, -0.2) is 98.0 Å². The zero-order valence-corrected chi connectivity index (χ0v) is 40.1. The molecular weight excluding hydrogens is 900 g/mol. The van der Waals surface area contributed by atoms with E-state index in [1.807, 2.05) is 11.8 Å². The number of ether oxygens (including phenoxy) is 1. The summed E-state index contributed by atoms with van der Waals surface area (Å²) in [6.07, 6.45) is 9.11. The van der Waals surface area contributed by atoms with Gasteiger partial charge in [0.05, 0.1) is 24.3 Å². The number of hydrogen-bond acceptors (Lipinski definition) is 19. The topological polar surface area (TPSA) is 267 Å². The maximum atomic E-state index is 13.6. The van der Waals surface area contributed by atoms with Crippen LogP contribution < -0.4 is 67.6 Å². The number of aromatic nitrogens is 8. The van der Waals surface area contributed by atoms with E-state index in [2.05, 4.69) is 52.6 Å². The number of aliphatic hydroxyl groups excluding tert-OH is 1.